The summed E-state index contributed by atoms with van der Waals surface area (Å²) >= 11 is 1.65. The van der Waals surface area contributed by atoms with Gasteiger partial charge in [-0.2, -0.15) is 0 Å². The molecule has 0 radical (unpaired) electrons. The van der Waals surface area contributed by atoms with E-state index >= 15 is 0 Å². The van der Waals surface area contributed by atoms with Crippen LogP contribution in [0.4, 0.5) is 0 Å². The quantitative estimate of drug-likeness (QED) is 0.849. The van der Waals surface area contributed by atoms with Crippen LogP contribution >= 0.6 is 11.3 Å². The zero-order valence-electron chi connectivity index (χ0n) is 12.0. The van der Waals surface area contributed by atoms with Crippen molar-refractivity contribution in [2.24, 2.45) is 5.73 Å². The van der Waals surface area contributed by atoms with Gasteiger partial charge in [-0.25, -0.2) is 12.7 Å². The first-order valence-electron chi connectivity index (χ1n) is 6.75. The lowest BCUT2D eigenvalue weighted by atomic mass is 10.1. The van der Waals surface area contributed by atoms with Crippen molar-refractivity contribution >= 4 is 21.4 Å². The lowest BCUT2D eigenvalue weighted by Gasteiger charge is -2.17. The molecule has 6 heteroatoms. The largest absolute Gasteiger partial charge is 0.326 e. The van der Waals surface area contributed by atoms with E-state index in [-0.39, 0.29) is 5.75 Å². The number of hydrogen-bond donors (Lipinski definition) is 1. The van der Waals surface area contributed by atoms with Crippen molar-refractivity contribution in [1.29, 1.82) is 0 Å². The molecule has 114 valence electrons. The van der Waals surface area contributed by atoms with Crippen LogP contribution in [0.2, 0.25) is 0 Å². The summed E-state index contributed by atoms with van der Waals surface area (Å²) in [4.78, 5) is 1.20. The van der Waals surface area contributed by atoms with Crippen molar-refractivity contribution in [3.63, 3.8) is 0 Å². The van der Waals surface area contributed by atoms with Crippen molar-refractivity contribution in [2.75, 3.05) is 13.6 Å². The standard InChI is InChI=1S/C15H20N2O2S2/c1-17(9-8-15-3-2-10-20-15)21(18,19)12-14-6-4-13(11-16)5-7-14/h2-7,10H,8-9,11-12,16H2,1H3. The molecule has 0 bridgehead atoms. The average Bonchev–Trinajstić information content (AvgIpc) is 2.98. The normalized spacial score (nSPS) is 12.0. The first kappa shape index (κ1) is 16.2. The van der Waals surface area contributed by atoms with E-state index in [0.717, 1.165) is 17.5 Å². The number of rotatable bonds is 7. The second kappa shape index (κ2) is 7.17. The van der Waals surface area contributed by atoms with Gasteiger partial charge < -0.3 is 5.73 Å². The van der Waals surface area contributed by atoms with Crippen molar-refractivity contribution in [3.05, 3.63) is 57.8 Å². The third-order valence-electron chi connectivity index (χ3n) is 3.34. The van der Waals surface area contributed by atoms with Crippen molar-refractivity contribution in [1.82, 2.24) is 4.31 Å². The molecule has 1 aromatic heterocycles. The lowest BCUT2D eigenvalue weighted by Crippen LogP contribution is -2.30. The van der Waals surface area contributed by atoms with Crippen LogP contribution in [0.5, 0.6) is 0 Å². The zero-order chi connectivity index (χ0) is 15.3. The van der Waals surface area contributed by atoms with Gasteiger partial charge in [-0.05, 0) is 29.0 Å². The molecule has 0 saturated carbocycles. The predicted octanol–water partition coefficient (Wildman–Crippen LogP) is 2.21. The molecule has 0 spiro atoms. The maximum atomic E-state index is 12.3. The van der Waals surface area contributed by atoms with E-state index in [4.69, 9.17) is 5.73 Å². The van der Waals surface area contributed by atoms with E-state index in [1.807, 2.05) is 41.8 Å². The first-order chi connectivity index (χ1) is 10.0. The smallest absolute Gasteiger partial charge is 0.218 e. The van der Waals surface area contributed by atoms with Crippen LogP contribution in [0.15, 0.2) is 41.8 Å². The molecule has 0 unspecified atom stereocenters. The molecule has 0 amide bonds. The van der Waals surface area contributed by atoms with Gasteiger partial charge in [0.15, 0.2) is 0 Å². The number of thiophene rings is 1. The highest BCUT2D eigenvalue weighted by atomic mass is 32.2. The van der Waals surface area contributed by atoms with E-state index in [0.29, 0.717) is 13.1 Å². The highest BCUT2D eigenvalue weighted by Crippen LogP contribution is 2.14. The number of likely N-dealkylation sites (N-methyl/N-ethyl adjacent to an activating group) is 1. The highest BCUT2D eigenvalue weighted by Gasteiger charge is 2.18. The Morgan fingerprint density at radius 3 is 2.38 bits per heavy atom. The van der Waals surface area contributed by atoms with Gasteiger partial charge in [0.1, 0.15) is 0 Å². The number of sulfonamides is 1. The molecule has 1 aromatic carbocycles. The highest BCUT2D eigenvalue weighted by molar-refractivity contribution is 7.88. The summed E-state index contributed by atoms with van der Waals surface area (Å²) in [5.74, 6) is 0.0266. The summed E-state index contributed by atoms with van der Waals surface area (Å²) in [5, 5.41) is 2.00. The van der Waals surface area contributed by atoms with Gasteiger partial charge in [0.2, 0.25) is 10.0 Å². The molecule has 21 heavy (non-hydrogen) atoms. The number of hydrogen-bond acceptors (Lipinski definition) is 4. The number of nitrogens with zero attached hydrogens (tertiary/aromatic N) is 1. The summed E-state index contributed by atoms with van der Waals surface area (Å²) in [7, 11) is -1.64. The van der Waals surface area contributed by atoms with E-state index in [9.17, 15) is 8.42 Å². The second-order valence-corrected chi connectivity index (χ2v) is 8.04. The molecule has 0 saturated heterocycles. The van der Waals surface area contributed by atoms with Gasteiger partial charge in [-0.15, -0.1) is 11.3 Å². The van der Waals surface area contributed by atoms with Crippen molar-refractivity contribution < 1.29 is 8.42 Å². The average molecular weight is 324 g/mol. The third-order valence-corrected chi connectivity index (χ3v) is 6.10. The van der Waals surface area contributed by atoms with Crippen molar-refractivity contribution in [3.8, 4) is 0 Å². The van der Waals surface area contributed by atoms with E-state index in [1.54, 1.807) is 18.4 Å². The van der Waals surface area contributed by atoms with Gasteiger partial charge >= 0.3 is 0 Å². The fraction of sp³-hybridized carbons (Fsp3) is 0.333. The van der Waals surface area contributed by atoms with E-state index in [1.165, 1.54) is 9.18 Å². The molecule has 0 atom stereocenters. The minimum atomic E-state index is -3.28. The SMILES string of the molecule is CN(CCc1cccs1)S(=O)(=O)Cc1ccc(CN)cc1. The Bertz CT molecular complexity index is 649. The van der Waals surface area contributed by atoms with E-state index in [2.05, 4.69) is 0 Å². The molecule has 0 fully saturated rings. The minimum Gasteiger partial charge on any atom is -0.326 e. The Hall–Kier alpha value is -1.21. The van der Waals surface area contributed by atoms with Crippen LogP contribution in [0, 0.1) is 0 Å². The Morgan fingerprint density at radius 1 is 1.14 bits per heavy atom. The molecular formula is C15H20N2O2S2. The minimum absolute atomic E-state index is 0.0266. The topological polar surface area (TPSA) is 63.4 Å². The van der Waals surface area contributed by atoms with Crippen LogP contribution in [0.1, 0.15) is 16.0 Å². The Balaban J connectivity index is 1.96. The molecule has 2 rings (SSSR count). The second-order valence-electron chi connectivity index (χ2n) is 4.93. The third kappa shape index (κ3) is 4.64. The fourth-order valence-corrected chi connectivity index (χ4v) is 3.86. The summed E-state index contributed by atoms with van der Waals surface area (Å²) in [6.45, 7) is 0.970. The zero-order valence-corrected chi connectivity index (χ0v) is 13.7. The van der Waals surface area contributed by atoms with E-state index < -0.39 is 10.0 Å². The predicted molar refractivity (Wildman–Crippen MR) is 87.6 cm³/mol. The summed E-state index contributed by atoms with van der Waals surface area (Å²) < 4.78 is 26.1. The molecule has 4 nitrogen and oxygen atoms in total. The summed E-state index contributed by atoms with van der Waals surface area (Å²) in [6.07, 6.45) is 0.750. The molecule has 2 N–H and O–H groups in total. The van der Waals surface area contributed by atoms with Gasteiger partial charge in [0, 0.05) is 25.0 Å². The molecule has 1 heterocycles. The van der Waals surface area contributed by atoms with Crippen LogP contribution in [-0.4, -0.2) is 26.3 Å². The Labute approximate surface area is 130 Å². The van der Waals surface area contributed by atoms with Gasteiger partial charge in [-0.3, -0.25) is 0 Å². The molecular weight excluding hydrogens is 304 g/mol. The molecule has 0 aliphatic heterocycles. The Morgan fingerprint density at radius 2 is 1.81 bits per heavy atom. The number of benzene rings is 1. The number of nitrogens with two attached hydrogens (primary N) is 1. The lowest BCUT2D eigenvalue weighted by molar-refractivity contribution is 0.472. The van der Waals surface area contributed by atoms with Gasteiger partial charge in [0.05, 0.1) is 5.75 Å². The maximum absolute atomic E-state index is 12.3. The first-order valence-corrected chi connectivity index (χ1v) is 9.24. The summed E-state index contributed by atoms with van der Waals surface area (Å²) in [6, 6.07) is 11.4. The molecule has 0 aliphatic rings. The van der Waals surface area contributed by atoms with Crippen LogP contribution in [-0.2, 0) is 28.7 Å². The molecule has 2 aromatic rings. The van der Waals surface area contributed by atoms with Crippen LogP contribution in [0.25, 0.3) is 0 Å². The monoisotopic (exact) mass is 324 g/mol. The summed E-state index contributed by atoms with van der Waals surface area (Å²) in [5.41, 5.74) is 7.33. The van der Waals surface area contributed by atoms with Crippen LogP contribution < -0.4 is 5.73 Å². The fourth-order valence-electron chi connectivity index (χ4n) is 1.95. The van der Waals surface area contributed by atoms with Gasteiger partial charge in [0.25, 0.3) is 0 Å². The maximum Gasteiger partial charge on any atom is 0.218 e. The molecule has 0 aliphatic carbocycles. The van der Waals surface area contributed by atoms with Crippen LogP contribution in [0.3, 0.4) is 0 Å². The van der Waals surface area contributed by atoms with Crippen molar-refractivity contribution in [2.45, 2.75) is 18.7 Å². The van der Waals surface area contributed by atoms with Gasteiger partial charge in [-0.1, -0.05) is 30.3 Å². The Kier molecular flexibility index (Phi) is 5.52.